The maximum Gasteiger partial charge on any atom is 0.246 e. The van der Waals surface area contributed by atoms with E-state index < -0.39 is 18.0 Å². The summed E-state index contributed by atoms with van der Waals surface area (Å²) in [5, 5.41) is 17.7. The topological polar surface area (TPSA) is 111 Å². The molecule has 1 aliphatic carbocycles. The molecule has 3 aliphatic rings. The van der Waals surface area contributed by atoms with Crippen molar-refractivity contribution in [1.82, 2.24) is 15.6 Å². The van der Waals surface area contributed by atoms with Crippen LogP contribution in [0.2, 0.25) is 0 Å². The highest BCUT2D eigenvalue weighted by Crippen LogP contribution is 2.48. The Morgan fingerprint density at radius 2 is 2.05 bits per heavy atom. The zero-order valence-corrected chi connectivity index (χ0v) is 23.7. The lowest BCUT2D eigenvalue weighted by Gasteiger charge is -2.47. The molecule has 5 rings (SSSR count). The van der Waals surface area contributed by atoms with Crippen molar-refractivity contribution in [3.63, 3.8) is 0 Å². The molecular formula is C30H40FN3O6. The van der Waals surface area contributed by atoms with Gasteiger partial charge < -0.3 is 34.7 Å². The first-order chi connectivity index (χ1) is 19.0. The van der Waals surface area contributed by atoms with Crippen molar-refractivity contribution in [3.05, 3.63) is 46.9 Å². The molecule has 1 saturated carbocycles. The Morgan fingerprint density at radius 3 is 2.75 bits per heavy atom. The van der Waals surface area contributed by atoms with Gasteiger partial charge in [0.15, 0.2) is 11.6 Å². The number of nitrogens with one attached hydrogen (secondary N) is 2. The van der Waals surface area contributed by atoms with E-state index in [4.69, 9.17) is 23.9 Å². The van der Waals surface area contributed by atoms with Gasteiger partial charge in [-0.25, -0.2) is 9.37 Å². The number of hydrogen-bond donors (Lipinski definition) is 3. The number of aromatic nitrogens is 1. The molecule has 0 saturated heterocycles. The number of halogens is 1. The number of carbonyl (C=O) groups excluding carboxylic acids is 1. The molecule has 0 radical (unpaired) electrons. The lowest BCUT2D eigenvalue weighted by Crippen LogP contribution is -2.52. The molecule has 0 unspecified atom stereocenters. The van der Waals surface area contributed by atoms with Gasteiger partial charge in [0.25, 0.3) is 0 Å². The number of benzene rings is 1. The number of nitrogens with zero attached hydrogens (tertiary/aromatic N) is 1. The van der Waals surface area contributed by atoms with Gasteiger partial charge in [-0.15, -0.1) is 0 Å². The molecule has 40 heavy (non-hydrogen) atoms. The maximum atomic E-state index is 14.6. The molecule has 3 heterocycles. The van der Waals surface area contributed by atoms with E-state index in [1.807, 2.05) is 6.20 Å². The molecule has 1 amide bonds. The summed E-state index contributed by atoms with van der Waals surface area (Å²) >= 11 is 0. The highest BCUT2D eigenvalue weighted by atomic mass is 19.1. The average molecular weight is 558 g/mol. The first kappa shape index (κ1) is 28.6. The SMILES string of the molecule is COCC(=O)N[C@@H](Cc1cc(F)c2c(c1)OCO2)[C@H](O)CN[C@H]1CC2(CCC2)Oc2ncc(CC(C)(C)C)cc21. The molecule has 9 nitrogen and oxygen atoms in total. The van der Waals surface area contributed by atoms with E-state index in [1.54, 1.807) is 6.07 Å². The largest absolute Gasteiger partial charge is 0.471 e. The first-order valence-electron chi connectivity index (χ1n) is 14.0. The minimum absolute atomic E-state index is 0.0450. The summed E-state index contributed by atoms with van der Waals surface area (Å²) in [5.41, 5.74) is 2.58. The van der Waals surface area contributed by atoms with Gasteiger partial charge in [0, 0.05) is 37.9 Å². The van der Waals surface area contributed by atoms with Gasteiger partial charge in [0.1, 0.15) is 12.2 Å². The normalized spacial score (nSPS) is 20.3. The van der Waals surface area contributed by atoms with Crippen molar-refractivity contribution in [2.75, 3.05) is 27.1 Å². The van der Waals surface area contributed by atoms with Crippen LogP contribution in [0, 0.1) is 11.2 Å². The number of methoxy groups -OCH3 is 1. The van der Waals surface area contributed by atoms with Gasteiger partial charge in [0.2, 0.25) is 24.3 Å². The van der Waals surface area contributed by atoms with Gasteiger partial charge >= 0.3 is 0 Å². The third-order valence-corrected chi connectivity index (χ3v) is 7.80. The lowest BCUT2D eigenvalue weighted by atomic mass is 9.73. The Kier molecular flexibility index (Phi) is 8.22. The molecule has 1 spiro atoms. The summed E-state index contributed by atoms with van der Waals surface area (Å²) in [4.78, 5) is 17.1. The number of ether oxygens (including phenoxy) is 4. The third-order valence-electron chi connectivity index (χ3n) is 7.80. The molecule has 0 bridgehead atoms. The Hall–Kier alpha value is -2.95. The number of hydrogen-bond acceptors (Lipinski definition) is 8. The molecular weight excluding hydrogens is 517 g/mol. The second-order valence-electron chi connectivity index (χ2n) is 12.5. The van der Waals surface area contributed by atoms with Crippen LogP contribution in [0.15, 0.2) is 24.4 Å². The summed E-state index contributed by atoms with van der Waals surface area (Å²) in [5.74, 6) is 0.133. The Bertz CT molecular complexity index is 1230. The number of carbonyl (C=O) groups is 1. The monoisotopic (exact) mass is 557 g/mol. The smallest absolute Gasteiger partial charge is 0.246 e. The summed E-state index contributed by atoms with van der Waals surface area (Å²) in [7, 11) is 1.43. The van der Waals surface area contributed by atoms with E-state index in [0.717, 1.165) is 43.2 Å². The van der Waals surface area contributed by atoms with Gasteiger partial charge in [-0.1, -0.05) is 20.8 Å². The molecule has 10 heteroatoms. The molecule has 3 atom stereocenters. The van der Waals surface area contributed by atoms with Crippen molar-refractivity contribution in [2.24, 2.45) is 5.41 Å². The van der Waals surface area contributed by atoms with Crippen LogP contribution in [-0.2, 0) is 22.4 Å². The van der Waals surface area contributed by atoms with Crippen LogP contribution in [0.5, 0.6) is 17.4 Å². The summed E-state index contributed by atoms with van der Waals surface area (Å²) in [6, 6.07) is 4.43. The lowest BCUT2D eigenvalue weighted by molar-refractivity contribution is -0.126. The molecule has 2 aliphatic heterocycles. The minimum Gasteiger partial charge on any atom is -0.471 e. The van der Waals surface area contributed by atoms with Crippen LogP contribution in [0.3, 0.4) is 0 Å². The number of aliphatic hydroxyl groups is 1. The highest BCUT2D eigenvalue weighted by molar-refractivity contribution is 5.77. The van der Waals surface area contributed by atoms with E-state index >= 15 is 0 Å². The standard InChI is InChI=1S/C30H40FN3O6/c1-29(2,3)12-19-8-20-23(13-30(6-5-7-30)40-28(20)33-14-19)32-15-24(35)22(34-26(36)16-37-4)10-18-9-21(31)27-25(11-18)38-17-39-27/h8-9,11,14,22-24,32,35H,5-7,10,12-13,15-17H2,1-4H3,(H,34,36)/t22-,23-,24+/m0/s1. The summed E-state index contributed by atoms with van der Waals surface area (Å²) < 4.78 is 36.4. The van der Waals surface area contributed by atoms with Crippen LogP contribution in [0.25, 0.3) is 0 Å². The van der Waals surface area contributed by atoms with Crippen molar-refractivity contribution in [1.29, 1.82) is 0 Å². The van der Waals surface area contributed by atoms with Crippen molar-refractivity contribution < 1.29 is 33.2 Å². The van der Waals surface area contributed by atoms with E-state index in [-0.39, 0.29) is 55.1 Å². The van der Waals surface area contributed by atoms with Gasteiger partial charge in [-0.05, 0) is 66.8 Å². The fraction of sp³-hybridized carbons (Fsp3) is 0.600. The Balaban J connectivity index is 1.33. The third kappa shape index (κ3) is 6.50. The Morgan fingerprint density at radius 1 is 1.25 bits per heavy atom. The van der Waals surface area contributed by atoms with Crippen LogP contribution in [0.4, 0.5) is 4.39 Å². The number of fused-ring (bicyclic) bond motifs is 2. The fourth-order valence-corrected chi connectivity index (χ4v) is 5.81. The zero-order valence-electron chi connectivity index (χ0n) is 23.7. The molecule has 1 aromatic carbocycles. The number of pyridine rings is 1. The second kappa shape index (κ2) is 11.5. The summed E-state index contributed by atoms with van der Waals surface area (Å²) in [6.07, 6.45) is 5.86. The van der Waals surface area contributed by atoms with Crippen LogP contribution in [0.1, 0.15) is 69.2 Å². The van der Waals surface area contributed by atoms with E-state index in [9.17, 15) is 14.3 Å². The minimum atomic E-state index is -0.969. The van der Waals surface area contributed by atoms with Gasteiger partial charge in [-0.3, -0.25) is 4.79 Å². The molecule has 1 aromatic heterocycles. The molecule has 1 fully saturated rings. The van der Waals surface area contributed by atoms with E-state index in [0.29, 0.717) is 17.2 Å². The second-order valence-corrected chi connectivity index (χ2v) is 12.5. The molecule has 218 valence electrons. The van der Waals surface area contributed by atoms with E-state index in [1.165, 1.54) is 13.2 Å². The number of amides is 1. The predicted octanol–water partition coefficient (Wildman–Crippen LogP) is 3.61. The van der Waals surface area contributed by atoms with Crippen LogP contribution < -0.4 is 24.8 Å². The van der Waals surface area contributed by atoms with Gasteiger partial charge in [0.05, 0.1) is 12.1 Å². The van der Waals surface area contributed by atoms with Crippen molar-refractivity contribution in [2.45, 2.75) is 83.1 Å². The first-order valence-corrected chi connectivity index (χ1v) is 14.0. The van der Waals surface area contributed by atoms with Crippen molar-refractivity contribution in [3.8, 4) is 17.4 Å². The predicted molar refractivity (Wildman–Crippen MR) is 146 cm³/mol. The number of rotatable bonds is 10. The highest BCUT2D eigenvalue weighted by Gasteiger charge is 2.46. The zero-order chi connectivity index (χ0) is 28.5. The molecule has 3 N–H and O–H groups in total. The summed E-state index contributed by atoms with van der Waals surface area (Å²) in [6.45, 7) is 6.60. The number of aliphatic hydroxyl groups excluding tert-OH is 1. The fourth-order valence-electron chi connectivity index (χ4n) is 5.81. The average Bonchev–Trinajstić information content (AvgIpc) is 3.34. The Labute approximate surface area is 234 Å². The van der Waals surface area contributed by atoms with Crippen LogP contribution in [-0.4, -0.2) is 60.8 Å². The van der Waals surface area contributed by atoms with E-state index in [2.05, 4.69) is 37.5 Å². The maximum absolute atomic E-state index is 14.6. The quantitative estimate of drug-likeness (QED) is 0.407. The van der Waals surface area contributed by atoms with Crippen LogP contribution >= 0.6 is 0 Å². The van der Waals surface area contributed by atoms with Crippen molar-refractivity contribution >= 4 is 5.91 Å². The molecule has 2 aromatic rings. The van der Waals surface area contributed by atoms with Gasteiger partial charge in [-0.2, -0.15) is 0 Å².